The van der Waals surface area contributed by atoms with Gasteiger partial charge in [0.2, 0.25) is 0 Å². The number of carbonyl (C=O) groups excluding carboxylic acids is 1. The molecule has 2 N–H and O–H groups in total. The van der Waals surface area contributed by atoms with E-state index < -0.39 is 5.97 Å². The molecule has 1 amide bonds. The molecule has 1 aromatic carbocycles. The van der Waals surface area contributed by atoms with Gasteiger partial charge in [-0.15, -0.1) is 0 Å². The Morgan fingerprint density at radius 2 is 2.00 bits per heavy atom. The van der Waals surface area contributed by atoms with Gasteiger partial charge in [0.1, 0.15) is 0 Å². The number of carbonyl (C=O) groups is 2. The topological polar surface area (TPSA) is 66.4 Å². The molecule has 0 unspecified atom stereocenters. The molecule has 19 heavy (non-hydrogen) atoms. The Bertz CT molecular complexity index is 465. The lowest BCUT2D eigenvalue weighted by molar-refractivity contribution is -0.137. The number of nitrogens with one attached hydrogen (secondary N) is 1. The number of unbranched alkanes of at least 4 members (excludes halogenated alkanes) is 2. The zero-order chi connectivity index (χ0) is 14.3. The number of benzene rings is 1. The molecule has 0 aliphatic carbocycles. The summed E-state index contributed by atoms with van der Waals surface area (Å²) in [6.45, 7) is 0.525. The van der Waals surface area contributed by atoms with E-state index in [1.807, 2.05) is 0 Å². The number of carboxylic acid groups (broad SMARTS) is 1. The van der Waals surface area contributed by atoms with Crippen molar-refractivity contribution in [2.45, 2.75) is 25.7 Å². The van der Waals surface area contributed by atoms with Crippen LogP contribution in [0.3, 0.4) is 0 Å². The van der Waals surface area contributed by atoms with Crippen LogP contribution in [-0.4, -0.2) is 23.5 Å². The monoisotopic (exact) mass is 347 g/mol. The van der Waals surface area contributed by atoms with Crippen molar-refractivity contribution in [1.82, 2.24) is 5.32 Å². The highest BCUT2D eigenvalue weighted by Crippen LogP contribution is 2.20. The van der Waals surface area contributed by atoms with Crippen molar-refractivity contribution in [3.63, 3.8) is 0 Å². The number of rotatable bonds is 7. The summed E-state index contributed by atoms with van der Waals surface area (Å²) < 4.78 is 0.695. The Hall–Kier alpha value is -1.07. The fourth-order valence-corrected chi connectivity index (χ4v) is 2.15. The predicted octanol–water partition coefficient (Wildman–Crippen LogP) is 3.48. The minimum Gasteiger partial charge on any atom is -0.481 e. The van der Waals surface area contributed by atoms with Crippen LogP contribution in [0.4, 0.5) is 0 Å². The van der Waals surface area contributed by atoms with Crippen molar-refractivity contribution in [2.75, 3.05) is 6.54 Å². The highest BCUT2D eigenvalue weighted by molar-refractivity contribution is 9.10. The van der Waals surface area contributed by atoms with Crippen LogP contribution >= 0.6 is 27.5 Å². The Morgan fingerprint density at radius 1 is 1.26 bits per heavy atom. The van der Waals surface area contributed by atoms with E-state index in [4.69, 9.17) is 16.7 Å². The number of aliphatic carboxylic acids is 1. The van der Waals surface area contributed by atoms with Crippen molar-refractivity contribution >= 4 is 39.4 Å². The first kappa shape index (κ1) is 16.0. The van der Waals surface area contributed by atoms with Crippen LogP contribution in [0.15, 0.2) is 22.7 Å². The summed E-state index contributed by atoms with van der Waals surface area (Å²) in [7, 11) is 0. The average Bonchev–Trinajstić information content (AvgIpc) is 2.36. The lowest BCUT2D eigenvalue weighted by atomic mass is 10.2. The Labute approximate surface area is 125 Å². The van der Waals surface area contributed by atoms with E-state index in [0.29, 0.717) is 28.0 Å². The molecule has 0 bridgehead atoms. The van der Waals surface area contributed by atoms with Gasteiger partial charge in [0.05, 0.1) is 5.56 Å². The van der Waals surface area contributed by atoms with Crippen molar-refractivity contribution < 1.29 is 14.7 Å². The van der Waals surface area contributed by atoms with Crippen LogP contribution in [0.5, 0.6) is 0 Å². The van der Waals surface area contributed by atoms with E-state index in [1.165, 1.54) is 0 Å². The van der Waals surface area contributed by atoms with Gasteiger partial charge in [-0.2, -0.15) is 0 Å². The van der Waals surface area contributed by atoms with Crippen molar-refractivity contribution in [1.29, 1.82) is 0 Å². The molecule has 1 aromatic rings. The Balaban J connectivity index is 2.31. The molecule has 0 aliphatic heterocycles. The molecule has 0 spiro atoms. The molecule has 0 saturated heterocycles. The summed E-state index contributed by atoms with van der Waals surface area (Å²) in [6, 6.07) is 5.03. The van der Waals surface area contributed by atoms with Gasteiger partial charge in [-0.05, 0) is 47.0 Å². The van der Waals surface area contributed by atoms with Crippen LogP contribution in [0.25, 0.3) is 0 Å². The van der Waals surface area contributed by atoms with Gasteiger partial charge in [-0.25, -0.2) is 0 Å². The minimum absolute atomic E-state index is 0.174. The van der Waals surface area contributed by atoms with Crippen molar-refractivity contribution in [3.05, 3.63) is 33.3 Å². The van der Waals surface area contributed by atoms with Crippen LogP contribution in [0.2, 0.25) is 5.02 Å². The van der Waals surface area contributed by atoms with Crippen molar-refractivity contribution in [3.8, 4) is 0 Å². The molecule has 6 heteroatoms. The first-order valence-corrected chi connectivity index (χ1v) is 7.13. The SMILES string of the molecule is O=C(O)CCCCCNC(=O)c1cc(Cl)ccc1Br. The molecule has 1 rings (SSSR count). The lowest BCUT2D eigenvalue weighted by Crippen LogP contribution is -2.24. The average molecular weight is 349 g/mol. The largest absolute Gasteiger partial charge is 0.481 e. The van der Waals surface area contributed by atoms with E-state index in [1.54, 1.807) is 18.2 Å². The summed E-state index contributed by atoms with van der Waals surface area (Å²) >= 11 is 9.13. The summed E-state index contributed by atoms with van der Waals surface area (Å²) in [5.41, 5.74) is 0.498. The van der Waals surface area contributed by atoms with Crippen LogP contribution in [0, 0.1) is 0 Å². The van der Waals surface area contributed by atoms with E-state index in [-0.39, 0.29) is 12.3 Å². The molecule has 4 nitrogen and oxygen atoms in total. The molecule has 0 atom stereocenters. The van der Waals surface area contributed by atoms with Gasteiger partial charge < -0.3 is 10.4 Å². The van der Waals surface area contributed by atoms with Crippen LogP contribution in [0.1, 0.15) is 36.0 Å². The van der Waals surface area contributed by atoms with Gasteiger partial charge in [-0.3, -0.25) is 9.59 Å². The summed E-state index contributed by atoms with van der Waals surface area (Å²) in [5, 5.41) is 11.8. The maximum absolute atomic E-state index is 11.9. The maximum Gasteiger partial charge on any atom is 0.303 e. The normalized spacial score (nSPS) is 10.2. The third-order valence-corrected chi connectivity index (χ3v) is 3.45. The van der Waals surface area contributed by atoms with E-state index in [9.17, 15) is 9.59 Å². The quantitative estimate of drug-likeness (QED) is 0.741. The zero-order valence-corrected chi connectivity index (χ0v) is 12.6. The summed E-state index contributed by atoms with van der Waals surface area (Å²) in [5.74, 6) is -0.973. The van der Waals surface area contributed by atoms with Gasteiger partial charge in [0.15, 0.2) is 0 Å². The molecule has 0 fully saturated rings. The number of hydrogen-bond donors (Lipinski definition) is 2. The van der Waals surface area contributed by atoms with Gasteiger partial charge in [0, 0.05) is 22.5 Å². The number of carboxylic acids is 1. The maximum atomic E-state index is 11.9. The molecule has 0 aliphatic rings. The predicted molar refractivity (Wildman–Crippen MR) is 77.6 cm³/mol. The van der Waals surface area contributed by atoms with E-state index in [0.717, 1.165) is 12.8 Å². The molecular formula is C13H15BrClNO3. The first-order chi connectivity index (χ1) is 9.00. The van der Waals surface area contributed by atoms with E-state index >= 15 is 0 Å². The minimum atomic E-state index is -0.785. The lowest BCUT2D eigenvalue weighted by Gasteiger charge is -2.07. The van der Waals surface area contributed by atoms with Crippen molar-refractivity contribution in [2.24, 2.45) is 0 Å². The Kier molecular flexibility index (Phi) is 6.87. The fourth-order valence-electron chi connectivity index (χ4n) is 1.55. The van der Waals surface area contributed by atoms with Gasteiger partial charge in [0.25, 0.3) is 5.91 Å². The van der Waals surface area contributed by atoms with Crippen LogP contribution < -0.4 is 5.32 Å². The molecular weight excluding hydrogens is 334 g/mol. The number of hydrogen-bond acceptors (Lipinski definition) is 2. The Morgan fingerprint density at radius 3 is 2.68 bits per heavy atom. The fraction of sp³-hybridized carbons (Fsp3) is 0.385. The molecule has 0 heterocycles. The highest BCUT2D eigenvalue weighted by Gasteiger charge is 2.09. The zero-order valence-electron chi connectivity index (χ0n) is 10.3. The molecule has 104 valence electrons. The highest BCUT2D eigenvalue weighted by atomic mass is 79.9. The molecule has 0 saturated carbocycles. The van der Waals surface area contributed by atoms with E-state index in [2.05, 4.69) is 21.2 Å². The second kappa shape index (κ2) is 8.17. The number of amides is 1. The standard InChI is InChI=1S/C13H15BrClNO3/c14-11-6-5-9(15)8-10(11)13(19)16-7-3-1-2-4-12(17)18/h5-6,8H,1-4,7H2,(H,16,19)(H,17,18). The third kappa shape index (κ3) is 6.07. The second-order valence-corrected chi connectivity index (χ2v) is 5.38. The second-order valence-electron chi connectivity index (χ2n) is 4.08. The van der Waals surface area contributed by atoms with Gasteiger partial charge in [-0.1, -0.05) is 18.0 Å². The third-order valence-electron chi connectivity index (χ3n) is 2.53. The van der Waals surface area contributed by atoms with Gasteiger partial charge >= 0.3 is 5.97 Å². The molecule has 0 radical (unpaired) electrons. The first-order valence-electron chi connectivity index (χ1n) is 5.95. The smallest absolute Gasteiger partial charge is 0.303 e. The summed E-state index contributed by atoms with van der Waals surface area (Å²) in [4.78, 5) is 22.2. The van der Waals surface area contributed by atoms with Crippen LogP contribution in [-0.2, 0) is 4.79 Å². The molecule has 0 aromatic heterocycles. The number of halogens is 2. The summed E-state index contributed by atoms with van der Waals surface area (Å²) in [6.07, 6.45) is 2.35.